The maximum atomic E-state index is 10.3. The van der Waals surface area contributed by atoms with E-state index >= 15 is 0 Å². The number of carboxylic acid groups (broad SMARTS) is 1. The molecule has 11 heavy (non-hydrogen) atoms. The van der Waals surface area contributed by atoms with Gasteiger partial charge in [0.15, 0.2) is 0 Å². The van der Waals surface area contributed by atoms with Gasteiger partial charge in [0.05, 0.1) is 12.0 Å². The van der Waals surface area contributed by atoms with Gasteiger partial charge in [-0.15, -0.1) is 0 Å². The summed E-state index contributed by atoms with van der Waals surface area (Å²) >= 11 is 0. The van der Waals surface area contributed by atoms with Crippen molar-refractivity contribution in [2.24, 2.45) is 0 Å². The second-order valence-corrected chi connectivity index (χ2v) is 2.13. The Kier molecular flexibility index (Phi) is 2.06. The molecule has 0 amide bonds. The van der Waals surface area contributed by atoms with Gasteiger partial charge in [-0.2, -0.15) is 0 Å². The molecule has 0 aromatic carbocycles. The van der Waals surface area contributed by atoms with Crippen LogP contribution in [0.2, 0.25) is 0 Å². The first-order valence-corrected chi connectivity index (χ1v) is 3.10. The Morgan fingerprint density at radius 1 is 1.82 bits per heavy atom. The zero-order valence-corrected chi connectivity index (χ0v) is 6.03. The van der Waals surface area contributed by atoms with Gasteiger partial charge in [0, 0.05) is 11.8 Å². The van der Waals surface area contributed by atoms with Crippen molar-refractivity contribution in [3.05, 3.63) is 23.8 Å². The van der Waals surface area contributed by atoms with E-state index in [4.69, 9.17) is 5.11 Å². The minimum absolute atomic E-state index is 0.275. The van der Waals surface area contributed by atoms with Gasteiger partial charge in [-0.3, -0.25) is 0 Å². The van der Waals surface area contributed by atoms with Gasteiger partial charge < -0.3 is 10.1 Å². The molecule has 0 bridgehead atoms. The molecular formula is C7H8N2O2. The van der Waals surface area contributed by atoms with Crippen LogP contribution in [0.4, 0.5) is 0 Å². The molecule has 0 aliphatic carbocycles. The number of rotatable bonds is 2. The van der Waals surface area contributed by atoms with Gasteiger partial charge in [0.2, 0.25) is 0 Å². The number of nitrogens with one attached hydrogen (secondary N) is 1. The monoisotopic (exact) mass is 152 g/mol. The molecule has 0 aliphatic rings. The van der Waals surface area contributed by atoms with E-state index in [-0.39, 0.29) is 5.57 Å². The number of hydrogen-bond acceptors (Lipinski definition) is 2. The van der Waals surface area contributed by atoms with E-state index in [9.17, 15) is 4.79 Å². The first-order valence-electron chi connectivity index (χ1n) is 3.10. The largest absolute Gasteiger partial charge is 0.478 e. The fourth-order valence-corrected chi connectivity index (χ4v) is 0.634. The lowest BCUT2D eigenvalue weighted by molar-refractivity contribution is -0.132. The summed E-state index contributed by atoms with van der Waals surface area (Å²) in [5.74, 6) is -0.923. The number of nitrogens with zero attached hydrogens (tertiary/aromatic N) is 1. The van der Waals surface area contributed by atoms with E-state index in [1.54, 1.807) is 6.20 Å². The van der Waals surface area contributed by atoms with Gasteiger partial charge in [0.1, 0.15) is 0 Å². The van der Waals surface area contributed by atoms with Crippen LogP contribution >= 0.6 is 0 Å². The van der Waals surface area contributed by atoms with Crippen molar-refractivity contribution >= 4 is 12.0 Å². The van der Waals surface area contributed by atoms with E-state index in [2.05, 4.69) is 9.97 Å². The number of aromatic amines is 1. The van der Waals surface area contributed by atoms with E-state index in [0.29, 0.717) is 5.69 Å². The lowest BCUT2D eigenvalue weighted by atomic mass is 10.2. The molecule has 1 aromatic heterocycles. The van der Waals surface area contributed by atoms with Crippen LogP contribution in [0, 0.1) is 0 Å². The maximum absolute atomic E-state index is 10.3. The number of carbonyl (C=O) groups is 1. The minimum Gasteiger partial charge on any atom is -0.478 e. The number of aliphatic carboxylic acids is 1. The molecule has 1 heterocycles. The minimum atomic E-state index is -0.923. The Hall–Kier alpha value is -1.58. The second-order valence-electron chi connectivity index (χ2n) is 2.13. The molecule has 0 aliphatic heterocycles. The van der Waals surface area contributed by atoms with Crippen LogP contribution in [-0.4, -0.2) is 21.0 Å². The molecule has 0 atom stereocenters. The number of H-pyrrole nitrogens is 1. The summed E-state index contributed by atoms with van der Waals surface area (Å²) in [4.78, 5) is 16.9. The smallest absolute Gasteiger partial charge is 0.331 e. The first kappa shape index (κ1) is 7.53. The molecule has 58 valence electrons. The van der Waals surface area contributed by atoms with Crippen molar-refractivity contribution in [2.75, 3.05) is 0 Å². The van der Waals surface area contributed by atoms with Crippen molar-refractivity contribution < 1.29 is 9.90 Å². The van der Waals surface area contributed by atoms with Crippen LogP contribution in [0.1, 0.15) is 12.6 Å². The Bertz CT molecular complexity index is 275. The van der Waals surface area contributed by atoms with E-state index in [1.165, 1.54) is 19.3 Å². The van der Waals surface area contributed by atoms with E-state index < -0.39 is 5.97 Å². The molecule has 0 radical (unpaired) electrons. The van der Waals surface area contributed by atoms with Crippen LogP contribution in [0.5, 0.6) is 0 Å². The quantitative estimate of drug-likeness (QED) is 0.618. The average Bonchev–Trinajstić information content (AvgIpc) is 2.39. The summed E-state index contributed by atoms with van der Waals surface area (Å²) in [7, 11) is 0. The third kappa shape index (κ3) is 1.93. The van der Waals surface area contributed by atoms with E-state index in [0.717, 1.165) is 0 Å². The average molecular weight is 152 g/mol. The highest BCUT2D eigenvalue weighted by molar-refractivity contribution is 5.90. The number of imidazole rings is 1. The topological polar surface area (TPSA) is 66.0 Å². The fourth-order valence-electron chi connectivity index (χ4n) is 0.634. The number of aromatic nitrogens is 2. The highest BCUT2D eigenvalue weighted by atomic mass is 16.4. The Morgan fingerprint density at radius 2 is 2.55 bits per heavy atom. The molecule has 1 rings (SSSR count). The van der Waals surface area contributed by atoms with Crippen LogP contribution in [-0.2, 0) is 4.79 Å². The molecule has 0 saturated heterocycles. The number of carboxylic acids is 1. The molecule has 2 N–H and O–H groups in total. The van der Waals surface area contributed by atoms with E-state index in [1.807, 2.05) is 0 Å². The Balaban J connectivity index is 2.82. The molecular weight excluding hydrogens is 144 g/mol. The molecule has 4 heteroatoms. The normalized spacial score (nSPS) is 11.5. The molecule has 0 spiro atoms. The zero-order chi connectivity index (χ0) is 8.27. The zero-order valence-electron chi connectivity index (χ0n) is 6.03. The summed E-state index contributed by atoms with van der Waals surface area (Å²) in [6.07, 6.45) is 4.63. The van der Waals surface area contributed by atoms with Crippen molar-refractivity contribution in [1.29, 1.82) is 0 Å². The van der Waals surface area contributed by atoms with Crippen LogP contribution in [0.15, 0.2) is 18.1 Å². The van der Waals surface area contributed by atoms with Gasteiger partial charge in [-0.05, 0) is 13.0 Å². The SMILES string of the molecule is C/C(=C\c1c[nH]cn1)C(=O)O. The summed E-state index contributed by atoms with van der Waals surface area (Å²) in [5, 5.41) is 8.47. The molecule has 0 fully saturated rings. The third-order valence-electron chi connectivity index (χ3n) is 1.22. The summed E-state index contributed by atoms with van der Waals surface area (Å²) in [5.41, 5.74) is 0.905. The molecule has 0 unspecified atom stereocenters. The van der Waals surface area contributed by atoms with Crippen LogP contribution < -0.4 is 0 Å². The van der Waals surface area contributed by atoms with Crippen molar-refractivity contribution in [3.63, 3.8) is 0 Å². The first-order chi connectivity index (χ1) is 5.20. The van der Waals surface area contributed by atoms with Gasteiger partial charge in [-0.25, -0.2) is 9.78 Å². The molecule has 1 aromatic rings. The van der Waals surface area contributed by atoms with Gasteiger partial charge in [-0.1, -0.05) is 0 Å². The molecule has 0 saturated carbocycles. The highest BCUT2D eigenvalue weighted by Gasteiger charge is 1.99. The van der Waals surface area contributed by atoms with Gasteiger partial charge in [0.25, 0.3) is 0 Å². The Morgan fingerprint density at radius 3 is 3.00 bits per heavy atom. The second kappa shape index (κ2) is 3.01. The van der Waals surface area contributed by atoms with Crippen LogP contribution in [0.25, 0.3) is 6.08 Å². The van der Waals surface area contributed by atoms with Crippen LogP contribution in [0.3, 0.4) is 0 Å². The van der Waals surface area contributed by atoms with Gasteiger partial charge >= 0.3 is 5.97 Å². The highest BCUT2D eigenvalue weighted by Crippen LogP contribution is 2.01. The third-order valence-corrected chi connectivity index (χ3v) is 1.22. The van der Waals surface area contributed by atoms with Crippen molar-refractivity contribution in [2.45, 2.75) is 6.92 Å². The van der Waals surface area contributed by atoms with Crippen molar-refractivity contribution in [3.8, 4) is 0 Å². The standard InChI is InChI=1S/C7H8N2O2/c1-5(7(10)11)2-6-3-8-4-9-6/h2-4H,1H3,(H,8,9)(H,10,11)/b5-2+. The lowest BCUT2D eigenvalue weighted by Gasteiger charge is -1.88. The Labute approximate surface area is 63.6 Å². The number of hydrogen-bond donors (Lipinski definition) is 2. The fraction of sp³-hybridized carbons (Fsp3) is 0.143. The summed E-state index contributed by atoms with van der Waals surface area (Å²) in [6.45, 7) is 1.52. The maximum Gasteiger partial charge on any atom is 0.331 e. The molecule has 4 nitrogen and oxygen atoms in total. The summed E-state index contributed by atoms with van der Waals surface area (Å²) < 4.78 is 0. The summed E-state index contributed by atoms with van der Waals surface area (Å²) in [6, 6.07) is 0. The lowest BCUT2D eigenvalue weighted by Crippen LogP contribution is -1.95. The predicted molar refractivity (Wildman–Crippen MR) is 39.9 cm³/mol. The van der Waals surface area contributed by atoms with Crippen molar-refractivity contribution in [1.82, 2.24) is 9.97 Å². The predicted octanol–water partition coefficient (Wildman–Crippen LogP) is 0.898.